The average Bonchev–Trinajstić information content (AvgIpc) is 2.96. The van der Waals surface area contributed by atoms with E-state index in [0.717, 1.165) is 17.3 Å². The van der Waals surface area contributed by atoms with Gasteiger partial charge in [-0.1, -0.05) is 5.16 Å². The van der Waals surface area contributed by atoms with Gasteiger partial charge in [-0.05, 0) is 29.5 Å². The van der Waals surface area contributed by atoms with Gasteiger partial charge in [-0.15, -0.1) is 14.8 Å². The zero-order valence-electron chi connectivity index (χ0n) is 9.98. The highest BCUT2D eigenvalue weighted by atomic mass is 16.5. The maximum atomic E-state index is 5.02. The van der Waals surface area contributed by atoms with Crippen molar-refractivity contribution in [1.29, 1.82) is 0 Å². The van der Waals surface area contributed by atoms with Crippen LogP contribution in [0.1, 0.15) is 11.5 Å². The highest BCUT2D eigenvalue weighted by Gasteiger charge is 2.08. The summed E-state index contributed by atoms with van der Waals surface area (Å²) < 4.78 is 6.41. The van der Waals surface area contributed by atoms with Crippen molar-refractivity contribution in [1.82, 2.24) is 30.4 Å². The molecule has 0 N–H and O–H groups in total. The fourth-order valence-corrected chi connectivity index (χ4v) is 1.66. The molecule has 0 saturated heterocycles. The third-order valence-corrected chi connectivity index (χ3v) is 2.52. The monoisotopic (exact) mass is 245 g/mol. The standard InChI is InChI=1S/C10H11N7O/c1-7-5-8(13-18-7)6-16(2)10-4-3-9-11-14-15-17(9)12-10/h3-5H,6H2,1-2H3. The zero-order valence-corrected chi connectivity index (χ0v) is 9.98. The first-order valence-electron chi connectivity index (χ1n) is 5.41. The Morgan fingerprint density at radius 2 is 2.28 bits per heavy atom. The number of rotatable bonds is 3. The molecule has 0 unspecified atom stereocenters. The fourth-order valence-electron chi connectivity index (χ4n) is 1.66. The van der Waals surface area contributed by atoms with Crippen LogP contribution in [0.2, 0.25) is 0 Å². The van der Waals surface area contributed by atoms with Crippen LogP contribution in [0.5, 0.6) is 0 Å². The van der Waals surface area contributed by atoms with Crippen LogP contribution in [0.25, 0.3) is 5.65 Å². The van der Waals surface area contributed by atoms with Crippen LogP contribution >= 0.6 is 0 Å². The normalized spacial score (nSPS) is 11.0. The maximum absolute atomic E-state index is 5.02. The van der Waals surface area contributed by atoms with Crippen molar-refractivity contribution < 1.29 is 4.52 Å². The summed E-state index contributed by atoms with van der Waals surface area (Å²) in [7, 11) is 1.92. The van der Waals surface area contributed by atoms with E-state index in [4.69, 9.17) is 4.52 Å². The third-order valence-electron chi connectivity index (χ3n) is 2.52. The molecule has 3 aromatic rings. The van der Waals surface area contributed by atoms with Gasteiger partial charge in [0.25, 0.3) is 0 Å². The van der Waals surface area contributed by atoms with Crippen molar-refractivity contribution in [3.63, 3.8) is 0 Å². The quantitative estimate of drug-likeness (QED) is 0.662. The van der Waals surface area contributed by atoms with E-state index in [9.17, 15) is 0 Å². The van der Waals surface area contributed by atoms with E-state index in [1.54, 1.807) is 0 Å². The number of hydrogen-bond donors (Lipinski definition) is 0. The second-order valence-corrected chi connectivity index (χ2v) is 4.00. The zero-order chi connectivity index (χ0) is 12.5. The number of aromatic nitrogens is 6. The van der Waals surface area contributed by atoms with Crippen LogP contribution in [0, 0.1) is 6.92 Å². The summed E-state index contributed by atoms with van der Waals surface area (Å²) in [6.45, 7) is 2.47. The van der Waals surface area contributed by atoms with E-state index in [0.29, 0.717) is 12.2 Å². The highest BCUT2D eigenvalue weighted by molar-refractivity contribution is 5.43. The largest absolute Gasteiger partial charge is 0.361 e. The van der Waals surface area contributed by atoms with Gasteiger partial charge in [0.1, 0.15) is 11.5 Å². The van der Waals surface area contributed by atoms with Crippen molar-refractivity contribution in [2.45, 2.75) is 13.5 Å². The molecule has 92 valence electrons. The van der Waals surface area contributed by atoms with E-state index in [1.165, 1.54) is 4.63 Å². The van der Waals surface area contributed by atoms with E-state index in [2.05, 4.69) is 25.8 Å². The molecular formula is C10H11N7O. The van der Waals surface area contributed by atoms with E-state index in [-0.39, 0.29) is 0 Å². The summed E-state index contributed by atoms with van der Waals surface area (Å²) in [5.74, 6) is 1.55. The Morgan fingerprint density at radius 1 is 1.39 bits per heavy atom. The Hall–Kier alpha value is -2.51. The van der Waals surface area contributed by atoms with Crippen LogP contribution in [-0.4, -0.2) is 37.5 Å². The lowest BCUT2D eigenvalue weighted by molar-refractivity contribution is 0.390. The minimum absolute atomic E-state index is 0.609. The lowest BCUT2D eigenvalue weighted by Gasteiger charge is -2.15. The van der Waals surface area contributed by atoms with Gasteiger partial charge in [-0.25, -0.2) is 0 Å². The van der Waals surface area contributed by atoms with Crippen molar-refractivity contribution in [3.05, 3.63) is 29.7 Å². The smallest absolute Gasteiger partial charge is 0.200 e. The summed E-state index contributed by atoms with van der Waals surface area (Å²) in [6, 6.07) is 5.57. The first-order valence-corrected chi connectivity index (χ1v) is 5.41. The lowest BCUT2D eigenvalue weighted by atomic mass is 10.3. The van der Waals surface area contributed by atoms with Crippen molar-refractivity contribution in [2.75, 3.05) is 11.9 Å². The molecule has 3 rings (SSSR count). The SMILES string of the molecule is Cc1cc(CN(C)c2ccc3nnnn3n2)no1. The number of anilines is 1. The highest BCUT2D eigenvalue weighted by Crippen LogP contribution is 2.12. The molecule has 0 radical (unpaired) electrons. The molecule has 0 amide bonds. The molecule has 3 heterocycles. The second kappa shape index (κ2) is 4.06. The van der Waals surface area contributed by atoms with E-state index >= 15 is 0 Å². The minimum atomic E-state index is 0.609. The number of hydrogen-bond acceptors (Lipinski definition) is 7. The van der Waals surface area contributed by atoms with E-state index in [1.807, 2.05) is 37.1 Å². The lowest BCUT2D eigenvalue weighted by Crippen LogP contribution is -2.19. The van der Waals surface area contributed by atoms with Gasteiger partial charge < -0.3 is 9.42 Å². The summed E-state index contributed by atoms with van der Waals surface area (Å²) in [5, 5.41) is 19.3. The second-order valence-electron chi connectivity index (χ2n) is 4.00. The van der Waals surface area contributed by atoms with Crippen molar-refractivity contribution in [2.24, 2.45) is 0 Å². The molecular weight excluding hydrogens is 234 g/mol. The molecule has 0 aliphatic heterocycles. The van der Waals surface area contributed by atoms with Gasteiger partial charge in [0.15, 0.2) is 11.5 Å². The minimum Gasteiger partial charge on any atom is -0.361 e. The van der Waals surface area contributed by atoms with Gasteiger partial charge in [0.2, 0.25) is 0 Å². The predicted molar refractivity (Wildman–Crippen MR) is 61.9 cm³/mol. The topological polar surface area (TPSA) is 85.2 Å². The number of tetrazole rings is 1. The Balaban J connectivity index is 1.84. The predicted octanol–water partition coefficient (Wildman–Crippen LogP) is 0.452. The molecule has 0 aromatic carbocycles. The van der Waals surface area contributed by atoms with Crippen molar-refractivity contribution >= 4 is 11.5 Å². The number of nitrogens with zero attached hydrogens (tertiary/aromatic N) is 7. The molecule has 0 saturated carbocycles. The third kappa shape index (κ3) is 1.88. The Kier molecular flexibility index (Phi) is 2.40. The molecule has 8 nitrogen and oxygen atoms in total. The van der Waals surface area contributed by atoms with Crippen molar-refractivity contribution in [3.8, 4) is 0 Å². The van der Waals surface area contributed by atoms with Crippen LogP contribution in [0.3, 0.4) is 0 Å². The Bertz CT molecular complexity index is 673. The van der Waals surface area contributed by atoms with Crippen LogP contribution in [0.15, 0.2) is 22.7 Å². The Labute approximate surface area is 102 Å². The molecule has 3 aromatic heterocycles. The first-order chi connectivity index (χ1) is 8.72. The molecule has 0 spiro atoms. The maximum Gasteiger partial charge on any atom is 0.200 e. The van der Waals surface area contributed by atoms with Gasteiger partial charge in [0.05, 0.1) is 6.54 Å². The van der Waals surface area contributed by atoms with E-state index < -0.39 is 0 Å². The van der Waals surface area contributed by atoms with Gasteiger partial charge >= 0.3 is 0 Å². The molecule has 0 atom stereocenters. The van der Waals surface area contributed by atoms with Crippen LogP contribution in [-0.2, 0) is 6.54 Å². The average molecular weight is 245 g/mol. The molecule has 18 heavy (non-hydrogen) atoms. The summed E-state index contributed by atoms with van der Waals surface area (Å²) >= 11 is 0. The van der Waals surface area contributed by atoms with Crippen LogP contribution < -0.4 is 4.90 Å². The summed E-state index contributed by atoms with van der Waals surface area (Å²) in [6.07, 6.45) is 0. The van der Waals surface area contributed by atoms with Crippen LogP contribution in [0.4, 0.5) is 5.82 Å². The first kappa shape index (κ1) is 10.6. The molecule has 0 fully saturated rings. The van der Waals surface area contributed by atoms with Gasteiger partial charge in [-0.2, -0.15) is 0 Å². The number of aryl methyl sites for hydroxylation is 1. The number of fused-ring (bicyclic) bond motifs is 1. The molecule has 0 bridgehead atoms. The molecule has 8 heteroatoms. The molecule has 0 aliphatic rings. The summed E-state index contributed by atoms with van der Waals surface area (Å²) in [5.41, 5.74) is 1.47. The summed E-state index contributed by atoms with van der Waals surface area (Å²) in [4.78, 5) is 1.94. The van der Waals surface area contributed by atoms with Gasteiger partial charge in [-0.3, -0.25) is 0 Å². The Morgan fingerprint density at radius 3 is 3.06 bits per heavy atom. The molecule has 0 aliphatic carbocycles. The van der Waals surface area contributed by atoms with Gasteiger partial charge in [0, 0.05) is 13.1 Å². The fraction of sp³-hybridized carbons (Fsp3) is 0.300.